The van der Waals surface area contributed by atoms with Gasteiger partial charge in [-0.15, -0.1) is 0 Å². The van der Waals surface area contributed by atoms with Crippen LogP contribution in [0.4, 0.5) is 0 Å². The van der Waals surface area contributed by atoms with Crippen molar-refractivity contribution in [1.29, 1.82) is 0 Å². The monoisotopic (exact) mass is 487 g/mol. The third kappa shape index (κ3) is 16.2. The Hall–Kier alpha value is -3.64. The van der Waals surface area contributed by atoms with Crippen LogP contribution >= 0.6 is 0 Å². The molecular formula is C21H24CoN4O6. The summed E-state index contributed by atoms with van der Waals surface area (Å²) in [5.41, 5.74) is 4.87. The Morgan fingerprint density at radius 2 is 1.53 bits per heavy atom. The number of amides is 1. The van der Waals surface area contributed by atoms with Crippen LogP contribution in [0.25, 0.3) is 5.43 Å². The molecule has 4 N–H and O–H groups in total. The molecule has 0 fully saturated rings. The number of carbonyl (C=O) groups excluding carboxylic acids is 2. The standard InChI is InChI=1S/C14H13N3O2.C5H5N.C2H4O2.Co.2H2O/c1-19-13-4-2-3-11(9-13)10-16-17-14(18)12-5-7-15-8-6-12;1-2-4-6-5-3-1;1-2(3)4;;;/h2-10H,1H3,(H,17,18);1-5H;1H3,(H,3,4);;2*1H2/q;;;+2;;/p-2/b16-10+;;;;;. The number of methoxy groups -OCH3 is 1. The molecule has 0 bridgehead atoms. The predicted molar refractivity (Wildman–Crippen MR) is 115 cm³/mol. The zero-order valence-corrected chi connectivity index (χ0v) is 18.4. The molecule has 0 spiro atoms. The average molecular weight is 487 g/mol. The second-order valence-electron chi connectivity index (χ2n) is 5.18. The third-order valence-electron chi connectivity index (χ3n) is 2.94. The smallest absolute Gasteiger partial charge is 0.550 e. The van der Waals surface area contributed by atoms with Crippen LogP contribution in [0.5, 0.6) is 5.75 Å². The first-order valence-electron chi connectivity index (χ1n) is 8.38. The van der Waals surface area contributed by atoms with Crippen molar-refractivity contribution in [2.45, 2.75) is 6.92 Å². The molecule has 11 heteroatoms. The van der Waals surface area contributed by atoms with Gasteiger partial charge < -0.3 is 40.9 Å². The number of benzene rings is 1. The normalized spacial score (nSPS) is 8.44. The zero-order valence-electron chi connectivity index (χ0n) is 17.3. The van der Waals surface area contributed by atoms with Gasteiger partial charge in [0.1, 0.15) is 5.75 Å². The molecule has 0 aliphatic heterocycles. The van der Waals surface area contributed by atoms with Gasteiger partial charge in [-0.25, -0.2) is 0 Å². The fourth-order valence-electron chi connectivity index (χ4n) is 1.73. The molecule has 2 heterocycles. The Kier molecular flexibility index (Phi) is 21.3. The fourth-order valence-corrected chi connectivity index (χ4v) is 1.73. The molecule has 2 aromatic heterocycles. The number of carboxylic acids is 1. The fraction of sp³-hybridized carbons (Fsp3) is 0.0952. The van der Waals surface area contributed by atoms with Crippen LogP contribution in [0.3, 0.4) is 0 Å². The summed E-state index contributed by atoms with van der Waals surface area (Å²) in [7, 11) is 1.59. The second kappa shape index (κ2) is 20.6. The van der Waals surface area contributed by atoms with Crippen molar-refractivity contribution in [1.82, 2.24) is 9.97 Å². The first-order chi connectivity index (χ1) is 14.0. The summed E-state index contributed by atoms with van der Waals surface area (Å²) in [6.07, 6.45) is 8.07. The van der Waals surface area contributed by atoms with Gasteiger partial charge in [-0.1, -0.05) is 18.2 Å². The number of ether oxygens (including phenoxy) is 1. The molecule has 0 aliphatic carbocycles. The van der Waals surface area contributed by atoms with Gasteiger partial charge >= 0.3 is 16.8 Å². The third-order valence-corrected chi connectivity index (χ3v) is 2.94. The number of hydrogen-bond acceptors (Lipinski definition) is 7. The van der Waals surface area contributed by atoms with Crippen molar-refractivity contribution < 1.29 is 47.2 Å². The number of carbonyl (C=O) groups is 2. The largest absolute Gasteiger partial charge is 2.00 e. The predicted octanol–water partition coefficient (Wildman–Crippen LogP) is 0.824. The maximum absolute atomic E-state index is 11.6. The molecule has 10 nitrogen and oxygen atoms in total. The Labute approximate surface area is 196 Å². The van der Waals surface area contributed by atoms with Crippen LogP contribution in [-0.2, 0) is 21.6 Å². The first kappa shape index (κ1) is 33.0. The Balaban J connectivity index is -0.000000544. The minimum atomic E-state index is -1.08. The summed E-state index contributed by atoms with van der Waals surface area (Å²) in [6, 6.07) is 16.2. The number of aromatic nitrogens is 2. The van der Waals surface area contributed by atoms with Gasteiger partial charge in [-0.2, -0.15) is 0 Å². The number of pyridine rings is 2. The molecule has 0 unspecified atom stereocenters. The Morgan fingerprint density at radius 3 is 2.00 bits per heavy atom. The van der Waals surface area contributed by atoms with Gasteiger partial charge in [0.2, 0.25) is 0 Å². The van der Waals surface area contributed by atoms with E-state index in [2.05, 4.69) is 20.5 Å². The van der Waals surface area contributed by atoms with E-state index in [0.717, 1.165) is 18.2 Å². The van der Waals surface area contributed by atoms with Crippen molar-refractivity contribution >= 4 is 18.1 Å². The maximum Gasteiger partial charge on any atom is 2.00 e. The molecule has 32 heavy (non-hydrogen) atoms. The van der Waals surface area contributed by atoms with Gasteiger partial charge in [-0.3, -0.25) is 9.97 Å². The number of aliphatic carboxylic acids is 1. The molecule has 0 saturated carbocycles. The molecule has 173 valence electrons. The number of nitrogens with zero attached hydrogens (tertiary/aromatic N) is 4. The zero-order chi connectivity index (χ0) is 21.3. The van der Waals surface area contributed by atoms with Crippen LogP contribution in [0.15, 0.2) is 84.5 Å². The van der Waals surface area contributed by atoms with Gasteiger partial charge in [0.25, 0.3) is 0 Å². The SMILES string of the molecule is CC(=O)[O-].COc1cccc(/C=N/[N-]C(=O)c2ccncc2)c1.O.O.[Co+2].c1ccncc1. The molecule has 1 amide bonds. The van der Waals surface area contributed by atoms with E-state index in [1.54, 1.807) is 37.7 Å². The van der Waals surface area contributed by atoms with Crippen LogP contribution in [0, 0.1) is 0 Å². The number of carboxylic acid groups (broad SMARTS) is 1. The van der Waals surface area contributed by atoms with E-state index in [1.807, 2.05) is 36.4 Å². The minimum Gasteiger partial charge on any atom is -0.550 e. The summed E-state index contributed by atoms with van der Waals surface area (Å²) < 4.78 is 5.09. The summed E-state index contributed by atoms with van der Waals surface area (Å²) in [6.45, 7) is 0.972. The quantitative estimate of drug-likeness (QED) is 0.388. The van der Waals surface area contributed by atoms with Gasteiger partial charge in [0.15, 0.2) is 0 Å². The first-order valence-corrected chi connectivity index (χ1v) is 8.38. The van der Waals surface area contributed by atoms with Crippen molar-refractivity contribution in [3.05, 3.63) is 95.9 Å². The van der Waals surface area contributed by atoms with Crippen LogP contribution < -0.4 is 9.84 Å². The van der Waals surface area contributed by atoms with E-state index in [0.29, 0.717) is 5.56 Å². The molecule has 1 aromatic carbocycles. The Morgan fingerprint density at radius 1 is 0.969 bits per heavy atom. The maximum atomic E-state index is 11.6. The molecule has 0 atom stereocenters. The van der Waals surface area contributed by atoms with Crippen LogP contribution in [0.1, 0.15) is 22.8 Å². The van der Waals surface area contributed by atoms with Crippen molar-refractivity contribution in [3.63, 3.8) is 0 Å². The molecule has 3 rings (SSSR count). The van der Waals surface area contributed by atoms with E-state index in [1.165, 1.54) is 18.6 Å². The van der Waals surface area contributed by atoms with Crippen LogP contribution in [0.2, 0.25) is 0 Å². The Bertz CT molecular complexity index is 868. The van der Waals surface area contributed by atoms with Crippen molar-refractivity contribution in [3.8, 4) is 5.75 Å². The van der Waals surface area contributed by atoms with E-state index in [4.69, 9.17) is 14.6 Å². The molecular weight excluding hydrogens is 463 g/mol. The van der Waals surface area contributed by atoms with Crippen molar-refractivity contribution in [2.24, 2.45) is 5.10 Å². The van der Waals surface area contributed by atoms with E-state index >= 15 is 0 Å². The summed E-state index contributed by atoms with van der Waals surface area (Å²) >= 11 is 0. The topological polar surface area (TPSA) is 182 Å². The van der Waals surface area contributed by atoms with Gasteiger partial charge in [0, 0.05) is 42.5 Å². The van der Waals surface area contributed by atoms with E-state index < -0.39 is 11.9 Å². The summed E-state index contributed by atoms with van der Waals surface area (Å²) in [5.74, 6) is -0.758. The van der Waals surface area contributed by atoms with Gasteiger partial charge in [-0.05, 0) is 48.9 Å². The summed E-state index contributed by atoms with van der Waals surface area (Å²) in [5, 5.41) is 12.7. The number of rotatable bonds is 4. The van der Waals surface area contributed by atoms with E-state index in [-0.39, 0.29) is 27.7 Å². The summed E-state index contributed by atoms with van der Waals surface area (Å²) in [4.78, 5) is 28.1. The molecule has 0 aliphatic rings. The van der Waals surface area contributed by atoms with Crippen LogP contribution in [-0.4, -0.2) is 46.1 Å². The van der Waals surface area contributed by atoms with Crippen molar-refractivity contribution in [2.75, 3.05) is 7.11 Å². The number of hydrogen-bond donors (Lipinski definition) is 0. The van der Waals surface area contributed by atoms with Gasteiger partial charge in [0.05, 0.1) is 13.0 Å². The molecule has 0 saturated heterocycles. The van der Waals surface area contributed by atoms with E-state index in [9.17, 15) is 4.79 Å². The molecule has 1 radical (unpaired) electrons. The average Bonchev–Trinajstić information content (AvgIpc) is 2.76. The minimum absolute atomic E-state index is 0. The second-order valence-corrected chi connectivity index (χ2v) is 5.18. The molecule has 3 aromatic rings.